The minimum absolute atomic E-state index is 0.822. The molecule has 2 rings (SSSR count). The van der Waals surface area contributed by atoms with Gasteiger partial charge in [0.25, 0.3) is 0 Å². The van der Waals surface area contributed by atoms with Gasteiger partial charge in [0.15, 0.2) is 0 Å². The van der Waals surface area contributed by atoms with E-state index in [1.54, 1.807) is 0 Å². The molecule has 3 heteroatoms. The van der Waals surface area contributed by atoms with E-state index in [0.29, 0.717) is 0 Å². The van der Waals surface area contributed by atoms with Crippen molar-refractivity contribution >= 4 is 0 Å². The van der Waals surface area contributed by atoms with Crippen LogP contribution >= 0.6 is 0 Å². The second-order valence-electron chi connectivity index (χ2n) is 3.98. The molecule has 1 aromatic heterocycles. The summed E-state index contributed by atoms with van der Waals surface area (Å²) in [5, 5.41) is 7.74. The van der Waals surface area contributed by atoms with Crippen molar-refractivity contribution in [2.75, 3.05) is 13.1 Å². The van der Waals surface area contributed by atoms with E-state index in [0.717, 1.165) is 5.92 Å². The van der Waals surface area contributed by atoms with Gasteiger partial charge in [0, 0.05) is 13.2 Å². The van der Waals surface area contributed by atoms with Crippen molar-refractivity contribution in [1.82, 2.24) is 15.1 Å². The van der Waals surface area contributed by atoms with Crippen LogP contribution < -0.4 is 5.32 Å². The Morgan fingerprint density at radius 1 is 1.69 bits per heavy atom. The Morgan fingerprint density at radius 2 is 2.54 bits per heavy atom. The van der Waals surface area contributed by atoms with Crippen molar-refractivity contribution in [2.24, 2.45) is 13.0 Å². The van der Waals surface area contributed by atoms with Gasteiger partial charge in [-0.15, -0.1) is 0 Å². The van der Waals surface area contributed by atoms with Crippen molar-refractivity contribution in [3.8, 4) is 0 Å². The molecule has 1 aliphatic heterocycles. The Kier molecular flexibility index (Phi) is 2.36. The molecule has 1 saturated heterocycles. The zero-order valence-corrected chi connectivity index (χ0v) is 8.38. The molecule has 1 aliphatic rings. The van der Waals surface area contributed by atoms with E-state index >= 15 is 0 Å². The highest BCUT2D eigenvalue weighted by atomic mass is 15.2. The van der Waals surface area contributed by atoms with Crippen LogP contribution in [0.2, 0.25) is 0 Å². The second-order valence-corrected chi connectivity index (χ2v) is 3.98. The van der Waals surface area contributed by atoms with Gasteiger partial charge < -0.3 is 5.32 Å². The van der Waals surface area contributed by atoms with Gasteiger partial charge in [0.2, 0.25) is 0 Å². The number of hydrogen-bond acceptors (Lipinski definition) is 2. The number of aromatic nitrogens is 2. The quantitative estimate of drug-likeness (QED) is 0.730. The van der Waals surface area contributed by atoms with Gasteiger partial charge in [0.1, 0.15) is 0 Å². The summed E-state index contributed by atoms with van der Waals surface area (Å²) in [7, 11) is 1.99. The fourth-order valence-corrected chi connectivity index (χ4v) is 2.05. The van der Waals surface area contributed by atoms with Gasteiger partial charge in [0.05, 0.1) is 5.69 Å². The molecular weight excluding hydrogens is 162 g/mol. The molecule has 0 saturated carbocycles. The molecule has 0 aliphatic carbocycles. The van der Waals surface area contributed by atoms with E-state index < -0.39 is 0 Å². The van der Waals surface area contributed by atoms with Crippen LogP contribution in [0.3, 0.4) is 0 Å². The third kappa shape index (κ3) is 1.91. The number of aryl methyl sites for hydroxylation is 2. The van der Waals surface area contributed by atoms with Crippen LogP contribution in [0.15, 0.2) is 6.20 Å². The first-order valence-corrected chi connectivity index (χ1v) is 4.95. The summed E-state index contributed by atoms with van der Waals surface area (Å²) >= 11 is 0. The molecular formula is C10H17N3. The maximum absolute atomic E-state index is 4.35. The average molecular weight is 179 g/mol. The molecule has 0 aromatic carbocycles. The van der Waals surface area contributed by atoms with Crippen LogP contribution in [-0.4, -0.2) is 22.9 Å². The molecule has 13 heavy (non-hydrogen) atoms. The molecule has 1 fully saturated rings. The monoisotopic (exact) mass is 179 g/mol. The van der Waals surface area contributed by atoms with Crippen LogP contribution in [0.5, 0.6) is 0 Å². The normalized spacial score (nSPS) is 22.5. The zero-order chi connectivity index (χ0) is 9.26. The van der Waals surface area contributed by atoms with E-state index in [1.807, 2.05) is 11.7 Å². The highest BCUT2D eigenvalue weighted by molar-refractivity contribution is 5.16. The minimum Gasteiger partial charge on any atom is -0.316 e. The molecule has 0 amide bonds. The maximum atomic E-state index is 4.35. The summed E-state index contributed by atoms with van der Waals surface area (Å²) < 4.78 is 1.91. The van der Waals surface area contributed by atoms with E-state index in [1.165, 1.54) is 37.2 Å². The molecule has 2 heterocycles. The summed E-state index contributed by atoms with van der Waals surface area (Å²) in [6, 6.07) is 0. The van der Waals surface area contributed by atoms with Crippen molar-refractivity contribution in [2.45, 2.75) is 19.8 Å². The smallest absolute Gasteiger partial charge is 0.0625 e. The van der Waals surface area contributed by atoms with Crippen LogP contribution in [0.1, 0.15) is 17.7 Å². The lowest BCUT2D eigenvalue weighted by Gasteiger charge is -2.05. The van der Waals surface area contributed by atoms with Gasteiger partial charge in [-0.05, 0) is 44.3 Å². The Bertz CT molecular complexity index is 284. The standard InChI is InChI=1S/C10H17N3/c1-8-10(7-13(2)12-8)5-9-3-4-11-6-9/h7,9,11H,3-6H2,1-2H3. The average Bonchev–Trinajstić information content (AvgIpc) is 2.63. The zero-order valence-electron chi connectivity index (χ0n) is 8.38. The van der Waals surface area contributed by atoms with Crippen molar-refractivity contribution in [1.29, 1.82) is 0 Å². The van der Waals surface area contributed by atoms with E-state index in [-0.39, 0.29) is 0 Å². The van der Waals surface area contributed by atoms with Gasteiger partial charge in [-0.3, -0.25) is 4.68 Å². The third-order valence-corrected chi connectivity index (χ3v) is 2.79. The fraction of sp³-hybridized carbons (Fsp3) is 0.700. The summed E-state index contributed by atoms with van der Waals surface area (Å²) in [6.07, 6.45) is 4.65. The Morgan fingerprint density at radius 3 is 3.08 bits per heavy atom. The SMILES string of the molecule is Cc1nn(C)cc1CC1CCNC1. The maximum Gasteiger partial charge on any atom is 0.0625 e. The lowest BCUT2D eigenvalue weighted by Crippen LogP contribution is -2.10. The summed E-state index contributed by atoms with van der Waals surface area (Å²) in [5.41, 5.74) is 2.60. The van der Waals surface area contributed by atoms with Crippen LogP contribution in [0.25, 0.3) is 0 Å². The number of nitrogens with one attached hydrogen (secondary N) is 1. The molecule has 1 aromatic rings. The van der Waals surface area contributed by atoms with Gasteiger partial charge in [-0.2, -0.15) is 5.10 Å². The predicted octanol–water partition coefficient (Wildman–Crippen LogP) is 0.881. The van der Waals surface area contributed by atoms with E-state index in [4.69, 9.17) is 0 Å². The Hall–Kier alpha value is -0.830. The van der Waals surface area contributed by atoms with Crippen LogP contribution in [0.4, 0.5) is 0 Å². The number of hydrogen-bond donors (Lipinski definition) is 1. The molecule has 0 bridgehead atoms. The lowest BCUT2D eigenvalue weighted by molar-refractivity contribution is 0.578. The van der Waals surface area contributed by atoms with Gasteiger partial charge in [-0.1, -0.05) is 0 Å². The summed E-state index contributed by atoms with van der Waals surface area (Å²) in [6.45, 7) is 4.45. The summed E-state index contributed by atoms with van der Waals surface area (Å²) in [5.74, 6) is 0.822. The van der Waals surface area contributed by atoms with Crippen molar-refractivity contribution < 1.29 is 0 Å². The van der Waals surface area contributed by atoms with E-state index in [9.17, 15) is 0 Å². The highest BCUT2D eigenvalue weighted by Crippen LogP contribution is 2.16. The number of nitrogens with zero attached hydrogens (tertiary/aromatic N) is 2. The summed E-state index contributed by atoms with van der Waals surface area (Å²) in [4.78, 5) is 0. The molecule has 0 spiro atoms. The number of rotatable bonds is 2. The predicted molar refractivity (Wildman–Crippen MR) is 52.6 cm³/mol. The minimum atomic E-state index is 0.822. The Balaban J connectivity index is 2.03. The molecule has 3 nitrogen and oxygen atoms in total. The highest BCUT2D eigenvalue weighted by Gasteiger charge is 2.16. The van der Waals surface area contributed by atoms with Crippen LogP contribution in [-0.2, 0) is 13.5 Å². The van der Waals surface area contributed by atoms with Crippen LogP contribution in [0, 0.1) is 12.8 Å². The van der Waals surface area contributed by atoms with Crippen molar-refractivity contribution in [3.05, 3.63) is 17.5 Å². The van der Waals surface area contributed by atoms with Crippen molar-refractivity contribution in [3.63, 3.8) is 0 Å². The topological polar surface area (TPSA) is 29.9 Å². The third-order valence-electron chi connectivity index (χ3n) is 2.79. The fourth-order valence-electron chi connectivity index (χ4n) is 2.05. The van der Waals surface area contributed by atoms with Gasteiger partial charge in [-0.25, -0.2) is 0 Å². The first-order chi connectivity index (χ1) is 6.25. The first-order valence-electron chi connectivity index (χ1n) is 4.95. The van der Waals surface area contributed by atoms with Gasteiger partial charge >= 0.3 is 0 Å². The molecule has 1 N–H and O–H groups in total. The Labute approximate surface area is 79.1 Å². The van der Waals surface area contributed by atoms with E-state index in [2.05, 4.69) is 23.5 Å². The molecule has 0 radical (unpaired) electrons. The lowest BCUT2D eigenvalue weighted by atomic mass is 9.99. The molecule has 1 atom stereocenters. The first kappa shape index (κ1) is 8.75. The largest absolute Gasteiger partial charge is 0.316 e. The molecule has 1 unspecified atom stereocenters. The molecule has 72 valence electrons. The second kappa shape index (κ2) is 3.50.